The van der Waals surface area contributed by atoms with Crippen LogP contribution >= 0.6 is 0 Å². The minimum atomic E-state index is -4.41. The predicted octanol–water partition coefficient (Wildman–Crippen LogP) is 3.45. The van der Waals surface area contributed by atoms with Crippen molar-refractivity contribution in [2.24, 2.45) is 5.73 Å². The van der Waals surface area contributed by atoms with Crippen LogP contribution in [0.5, 0.6) is 0 Å². The first kappa shape index (κ1) is 18.0. The molecule has 0 fully saturated rings. The molecule has 0 bridgehead atoms. The Morgan fingerprint density at radius 3 is 2.42 bits per heavy atom. The summed E-state index contributed by atoms with van der Waals surface area (Å²) in [5.41, 5.74) is 6.44. The largest absolute Gasteiger partial charge is 0.416 e. The summed E-state index contributed by atoms with van der Waals surface area (Å²) in [5.74, 6) is -0.399. The lowest BCUT2D eigenvalue weighted by Gasteiger charge is -2.19. The molecule has 24 heavy (non-hydrogen) atoms. The number of amides is 1. The summed E-state index contributed by atoms with van der Waals surface area (Å²) >= 11 is 0. The van der Waals surface area contributed by atoms with Gasteiger partial charge in [-0.25, -0.2) is 0 Å². The quantitative estimate of drug-likeness (QED) is 0.879. The van der Waals surface area contributed by atoms with Crippen LogP contribution in [0.3, 0.4) is 0 Å². The van der Waals surface area contributed by atoms with Gasteiger partial charge in [-0.05, 0) is 36.6 Å². The second kappa shape index (κ2) is 7.49. The van der Waals surface area contributed by atoms with Crippen LogP contribution in [0.2, 0.25) is 0 Å². The molecule has 2 aromatic rings. The molecule has 1 amide bonds. The van der Waals surface area contributed by atoms with Crippen molar-refractivity contribution in [3.8, 4) is 0 Å². The number of rotatable bonds is 5. The monoisotopic (exact) mass is 336 g/mol. The zero-order valence-electron chi connectivity index (χ0n) is 13.2. The van der Waals surface area contributed by atoms with E-state index in [1.165, 1.54) is 6.07 Å². The molecule has 0 aliphatic heterocycles. The summed E-state index contributed by atoms with van der Waals surface area (Å²) in [6.07, 6.45) is -4.05. The van der Waals surface area contributed by atoms with Crippen LogP contribution in [-0.4, -0.2) is 11.9 Å². The molecule has 3 N–H and O–H groups in total. The van der Waals surface area contributed by atoms with Crippen molar-refractivity contribution in [2.45, 2.75) is 31.6 Å². The highest BCUT2D eigenvalue weighted by Crippen LogP contribution is 2.30. The van der Waals surface area contributed by atoms with E-state index in [0.717, 1.165) is 17.7 Å². The molecule has 2 unspecified atom stereocenters. The molecule has 2 rings (SSSR count). The van der Waals surface area contributed by atoms with Crippen molar-refractivity contribution >= 4 is 5.91 Å². The Morgan fingerprint density at radius 2 is 1.79 bits per heavy atom. The van der Waals surface area contributed by atoms with Crippen molar-refractivity contribution in [2.75, 3.05) is 0 Å². The van der Waals surface area contributed by atoms with E-state index in [2.05, 4.69) is 5.32 Å². The first-order valence-electron chi connectivity index (χ1n) is 7.54. The van der Waals surface area contributed by atoms with Gasteiger partial charge in [0, 0.05) is 0 Å². The molecular weight excluding hydrogens is 317 g/mol. The van der Waals surface area contributed by atoms with Crippen LogP contribution in [0.25, 0.3) is 0 Å². The molecule has 0 aromatic heterocycles. The van der Waals surface area contributed by atoms with Crippen molar-refractivity contribution in [1.82, 2.24) is 5.32 Å². The summed E-state index contributed by atoms with van der Waals surface area (Å²) in [7, 11) is 0. The lowest BCUT2D eigenvalue weighted by atomic mass is 10.0. The molecule has 128 valence electrons. The van der Waals surface area contributed by atoms with E-state index >= 15 is 0 Å². The molecule has 0 aliphatic carbocycles. The number of carbonyl (C=O) groups is 1. The standard InChI is InChI=1S/C18H19F3N2O/c1-12(14-8-5-9-15(11-14)18(19,20)21)23-17(24)16(22)10-13-6-3-2-4-7-13/h2-9,11-12,16H,10,22H2,1H3,(H,23,24). The van der Waals surface area contributed by atoms with Gasteiger partial charge in [-0.2, -0.15) is 13.2 Å². The van der Waals surface area contributed by atoms with Crippen molar-refractivity contribution in [3.63, 3.8) is 0 Å². The van der Waals surface area contributed by atoms with Gasteiger partial charge in [0.25, 0.3) is 0 Å². The topological polar surface area (TPSA) is 55.1 Å². The summed E-state index contributed by atoms with van der Waals surface area (Å²) in [5, 5.41) is 2.66. The molecule has 6 heteroatoms. The Kier molecular flexibility index (Phi) is 5.62. The Bertz CT molecular complexity index is 686. The number of halogens is 3. The van der Waals surface area contributed by atoms with Gasteiger partial charge in [-0.15, -0.1) is 0 Å². The number of nitrogens with one attached hydrogen (secondary N) is 1. The van der Waals surface area contributed by atoms with Crippen molar-refractivity contribution in [3.05, 3.63) is 71.3 Å². The smallest absolute Gasteiger partial charge is 0.348 e. The maximum atomic E-state index is 12.8. The zero-order chi connectivity index (χ0) is 17.7. The maximum absolute atomic E-state index is 12.8. The lowest BCUT2D eigenvalue weighted by molar-refractivity contribution is -0.137. The number of alkyl halides is 3. The fraction of sp³-hybridized carbons (Fsp3) is 0.278. The average Bonchev–Trinajstić information content (AvgIpc) is 2.55. The van der Waals surface area contributed by atoms with Gasteiger partial charge in [0.2, 0.25) is 5.91 Å². The number of benzene rings is 2. The van der Waals surface area contributed by atoms with Gasteiger partial charge in [0.05, 0.1) is 17.6 Å². The predicted molar refractivity (Wildman–Crippen MR) is 86.1 cm³/mol. The van der Waals surface area contributed by atoms with E-state index in [0.29, 0.717) is 12.0 Å². The maximum Gasteiger partial charge on any atom is 0.416 e. The number of nitrogens with two attached hydrogens (primary N) is 1. The van der Waals surface area contributed by atoms with Crippen molar-refractivity contribution in [1.29, 1.82) is 0 Å². The minimum Gasteiger partial charge on any atom is -0.348 e. The Labute approximate surface area is 138 Å². The Morgan fingerprint density at radius 1 is 1.12 bits per heavy atom. The highest BCUT2D eigenvalue weighted by molar-refractivity contribution is 5.82. The fourth-order valence-electron chi connectivity index (χ4n) is 2.35. The third kappa shape index (κ3) is 4.83. The Hall–Kier alpha value is -2.34. The molecule has 2 aromatic carbocycles. The van der Waals surface area contributed by atoms with E-state index in [1.807, 2.05) is 30.3 Å². The fourth-order valence-corrected chi connectivity index (χ4v) is 2.35. The van der Waals surface area contributed by atoms with Crippen LogP contribution in [0.4, 0.5) is 13.2 Å². The van der Waals surface area contributed by atoms with E-state index in [-0.39, 0.29) is 0 Å². The number of carbonyl (C=O) groups excluding carboxylic acids is 1. The van der Waals surface area contributed by atoms with E-state index in [1.54, 1.807) is 13.0 Å². The lowest BCUT2D eigenvalue weighted by Crippen LogP contribution is -2.43. The molecule has 0 saturated heterocycles. The molecule has 2 atom stereocenters. The SMILES string of the molecule is CC(NC(=O)C(N)Cc1ccccc1)c1cccc(C(F)(F)F)c1. The summed E-state index contributed by atoms with van der Waals surface area (Å²) in [4.78, 5) is 12.2. The van der Waals surface area contributed by atoms with Crippen LogP contribution < -0.4 is 11.1 Å². The van der Waals surface area contributed by atoms with Crippen LogP contribution in [0.1, 0.15) is 29.7 Å². The van der Waals surface area contributed by atoms with Crippen LogP contribution in [0, 0.1) is 0 Å². The third-order valence-electron chi connectivity index (χ3n) is 3.71. The molecule has 0 heterocycles. The van der Waals surface area contributed by atoms with E-state index in [4.69, 9.17) is 5.73 Å². The van der Waals surface area contributed by atoms with Gasteiger partial charge in [0.1, 0.15) is 0 Å². The first-order valence-corrected chi connectivity index (χ1v) is 7.54. The second-order valence-electron chi connectivity index (χ2n) is 5.65. The second-order valence-corrected chi connectivity index (χ2v) is 5.65. The third-order valence-corrected chi connectivity index (χ3v) is 3.71. The minimum absolute atomic E-state index is 0.363. The molecular formula is C18H19F3N2O. The Balaban J connectivity index is 2.01. The normalized spacial score (nSPS) is 14.0. The number of hydrogen-bond acceptors (Lipinski definition) is 2. The van der Waals surface area contributed by atoms with Gasteiger partial charge < -0.3 is 11.1 Å². The van der Waals surface area contributed by atoms with Gasteiger partial charge in [0.15, 0.2) is 0 Å². The zero-order valence-corrected chi connectivity index (χ0v) is 13.2. The highest BCUT2D eigenvalue weighted by atomic mass is 19.4. The van der Waals surface area contributed by atoms with E-state index in [9.17, 15) is 18.0 Å². The van der Waals surface area contributed by atoms with Gasteiger partial charge in [-0.1, -0.05) is 42.5 Å². The molecule has 0 radical (unpaired) electrons. The average molecular weight is 336 g/mol. The van der Waals surface area contributed by atoms with Crippen LogP contribution in [0.15, 0.2) is 54.6 Å². The summed E-state index contributed by atoms with van der Waals surface area (Å²) in [6.45, 7) is 1.63. The summed E-state index contributed by atoms with van der Waals surface area (Å²) in [6, 6.07) is 12.9. The molecule has 0 spiro atoms. The summed E-state index contributed by atoms with van der Waals surface area (Å²) < 4.78 is 38.3. The van der Waals surface area contributed by atoms with Gasteiger partial charge >= 0.3 is 6.18 Å². The molecule has 0 saturated carbocycles. The van der Waals surface area contributed by atoms with E-state index < -0.39 is 29.7 Å². The molecule has 0 aliphatic rings. The highest BCUT2D eigenvalue weighted by Gasteiger charge is 2.30. The molecule has 3 nitrogen and oxygen atoms in total. The van der Waals surface area contributed by atoms with Gasteiger partial charge in [-0.3, -0.25) is 4.79 Å². The first-order chi connectivity index (χ1) is 11.3. The van der Waals surface area contributed by atoms with Crippen LogP contribution in [-0.2, 0) is 17.4 Å². The number of hydrogen-bond donors (Lipinski definition) is 2. The van der Waals surface area contributed by atoms with Crippen molar-refractivity contribution < 1.29 is 18.0 Å².